The molecule has 1 atom stereocenters. The molecule has 1 unspecified atom stereocenters. The Morgan fingerprint density at radius 2 is 1.79 bits per heavy atom. The van der Waals surface area contributed by atoms with Gasteiger partial charge in [-0.15, -0.1) is 0 Å². The highest BCUT2D eigenvalue weighted by Crippen LogP contribution is 2.25. The van der Waals surface area contributed by atoms with Crippen molar-refractivity contribution in [1.82, 2.24) is 9.78 Å². The van der Waals surface area contributed by atoms with Crippen molar-refractivity contribution < 1.29 is 0 Å². The van der Waals surface area contributed by atoms with Gasteiger partial charge in [0.25, 0.3) is 0 Å². The fourth-order valence-electron chi connectivity index (χ4n) is 2.45. The van der Waals surface area contributed by atoms with Crippen molar-refractivity contribution in [1.29, 1.82) is 0 Å². The van der Waals surface area contributed by atoms with Gasteiger partial charge < -0.3 is 5.73 Å². The largest absolute Gasteiger partial charge is 0.324 e. The molecule has 2 N–H and O–H groups in total. The molecular weight excluding hydrogens is 258 g/mol. The number of hydrogen-bond acceptors (Lipinski definition) is 2. The minimum atomic E-state index is -0.0640. The van der Waals surface area contributed by atoms with Crippen molar-refractivity contribution in [3.05, 3.63) is 51.3 Å². The Bertz CT molecular complexity index is 581. The van der Waals surface area contributed by atoms with E-state index in [9.17, 15) is 0 Å². The van der Waals surface area contributed by atoms with Crippen LogP contribution in [0, 0.1) is 20.8 Å². The fourth-order valence-corrected chi connectivity index (χ4v) is 2.69. The van der Waals surface area contributed by atoms with Gasteiger partial charge in [-0.05, 0) is 26.3 Å². The zero-order chi connectivity index (χ0) is 14.2. The van der Waals surface area contributed by atoms with E-state index < -0.39 is 0 Å². The van der Waals surface area contributed by atoms with E-state index in [-0.39, 0.29) is 6.04 Å². The summed E-state index contributed by atoms with van der Waals surface area (Å²) in [5.41, 5.74) is 11.8. The first-order valence-corrected chi connectivity index (χ1v) is 6.78. The lowest BCUT2D eigenvalue weighted by atomic mass is 9.98. The first-order valence-electron chi connectivity index (χ1n) is 6.40. The molecule has 0 saturated heterocycles. The van der Waals surface area contributed by atoms with Crippen LogP contribution in [0.25, 0.3) is 0 Å². The summed E-state index contributed by atoms with van der Waals surface area (Å²) in [6.07, 6.45) is 0.694. The van der Waals surface area contributed by atoms with Crippen molar-refractivity contribution in [3.63, 3.8) is 0 Å². The van der Waals surface area contributed by atoms with E-state index in [1.807, 2.05) is 18.7 Å². The Balaban J connectivity index is 2.27. The van der Waals surface area contributed by atoms with Gasteiger partial charge in [0, 0.05) is 19.5 Å². The van der Waals surface area contributed by atoms with Crippen LogP contribution in [0.1, 0.15) is 34.1 Å². The lowest BCUT2D eigenvalue weighted by molar-refractivity contribution is 0.639. The molecule has 0 aliphatic carbocycles. The van der Waals surface area contributed by atoms with Crippen LogP contribution in [0.5, 0.6) is 0 Å². The van der Waals surface area contributed by atoms with Gasteiger partial charge in [0.15, 0.2) is 0 Å². The zero-order valence-electron chi connectivity index (χ0n) is 11.9. The summed E-state index contributed by atoms with van der Waals surface area (Å²) in [5, 5.41) is 5.05. The van der Waals surface area contributed by atoms with Crippen LogP contribution in [-0.2, 0) is 13.5 Å². The summed E-state index contributed by atoms with van der Waals surface area (Å²) in [4.78, 5) is 0. The second kappa shape index (κ2) is 5.35. The van der Waals surface area contributed by atoms with E-state index in [0.717, 1.165) is 22.0 Å². The molecule has 19 heavy (non-hydrogen) atoms. The summed E-state index contributed by atoms with van der Waals surface area (Å²) in [6, 6.07) is 6.35. The van der Waals surface area contributed by atoms with Crippen LogP contribution in [-0.4, -0.2) is 9.78 Å². The van der Waals surface area contributed by atoms with Gasteiger partial charge in [0.1, 0.15) is 0 Å². The quantitative estimate of drug-likeness (QED) is 0.936. The first-order chi connectivity index (χ1) is 8.88. The fraction of sp³-hybridized carbons (Fsp3) is 0.400. The summed E-state index contributed by atoms with van der Waals surface area (Å²) >= 11 is 6.27. The molecule has 0 spiro atoms. The summed E-state index contributed by atoms with van der Waals surface area (Å²) in [6.45, 7) is 6.09. The molecule has 0 radical (unpaired) electrons. The van der Waals surface area contributed by atoms with Crippen LogP contribution in [0.2, 0.25) is 5.02 Å². The minimum absolute atomic E-state index is 0.0640. The van der Waals surface area contributed by atoms with Crippen molar-refractivity contribution in [2.45, 2.75) is 33.2 Å². The Kier molecular flexibility index (Phi) is 3.97. The maximum atomic E-state index is 6.31. The van der Waals surface area contributed by atoms with Gasteiger partial charge >= 0.3 is 0 Å². The number of nitrogens with two attached hydrogens (primary N) is 1. The molecule has 4 heteroatoms. The Labute approximate surface area is 119 Å². The number of hydrogen-bond donors (Lipinski definition) is 1. The van der Waals surface area contributed by atoms with Crippen molar-refractivity contribution in [2.24, 2.45) is 12.8 Å². The molecular formula is C15H20ClN3. The highest BCUT2D eigenvalue weighted by Gasteiger charge is 2.16. The zero-order valence-corrected chi connectivity index (χ0v) is 12.6. The third kappa shape index (κ3) is 2.99. The van der Waals surface area contributed by atoms with E-state index in [1.54, 1.807) is 0 Å². The number of rotatable bonds is 3. The second-order valence-electron chi connectivity index (χ2n) is 5.20. The van der Waals surface area contributed by atoms with E-state index in [4.69, 9.17) is 17.3 Å². The number of aryl methyl sites for hydroxylation is 4. The topological polar surface area (TPSA) is 43.8 Å². The molecule has 0 fully saturated rings. The lowest BCUT2D eigenvalue weighted by Crippen LogP contribution is -2.16. The summed E-state index contributed by atoms with van der Waals surface area (Å²) in [5.74, 6) is 0. The van der Waals surface area contributed by atoms with E-state index in [2.05, 4.69) is 37.1 Å². The van der Waals surface area contributed by atoms with Gasteiger partial charge in [-0.2, -0.15) is 5.10 Å². The van der Waals surface area contributed by atoms with Crippen molar-refractivity contribution in [3.8, 4) is 0 Å². The van der Waals surface area contributed by atoms with Gasteiger partial charge in [-0.3, -0.25) is 4.68 Å². The molecule has 1 aromatic carbocycles. The number of aromatic nitrogens is 2. The monoisotopic (exact) mass is 277 g/mol. The third-order valence-corrected chi connectivity index (χ3v) is 3.84. The summed E-state index contributed by atoms with van der Waals surface area (Å²) in [7, 11) is 1.91. The number of halogens is 1. The Morgan fingerprint density at radius 3 is 2.26 bits per heavy atom. The van der Waals surface area contributed by atoms with Crippen LogP contribution in [0.4, 0.5) is 0 Å². The molecule has 2 rings (SSSR count). The van der Waals surface area contributed by atoms with Crippen LogP contribution >= 0.6 is 11.6 Å². The van der Waals surface area contributed by atoms with Crippen molar-refractivity contribution >= 4 is 11.6 Å². The SMILES string of the molecule is Cc1cc(C)cc(C(N)Cc2c(Cl)c(C)nn2C)c1. The van der Waals surface area contributed by atoms with Crippen molar-refractivity contribution in [2.75, 3.05) is 0 Å². The average Bonchev–Trinajstić information content (AvgIpc) is 2.54. The first kappa shape index (κ1) is 14.1. The van der Waals surface area contributed by atoms with Gasteiger partial charge in [0.05, 0.1) is 16.4 Å². The highest BCUT2D eigenvalue weighted by atomic mass is 35.5. The molecule has 3 nitrogen and oxygen atoms in total. The standard InChI is InChI=1S/C15H20ClN3/c1-9-5-10(2)7-12(6-9)13(17)8-14-15(16)11(3)18-19(14)4/h5-7,13H,8,17H2,1-4H3. The van der Waals surface area contributed by atoms with Gasteiger partial charge in [-0.1, -0.05) is 40.9 Å². The average molecular weight is 278 g/mol. The second-order valence-corrected chi connectivity index (χ2v) is 5.58. The maximum Gasteiger partial charge on any atom is 0.0847 e. The summed E-state index contributed by atoms with van der Waals surface area (Å²) < 4.78 is 1.82. The number of nitrogens with zero attached hydrogens (tertiary/aromatic N) is 2. The molecule has 0 amide bonds. The van der Waals surface area contributed by atoms with Crippen LogP contribution < -0.4 is 5.73 Å². The van der Waals surface area contributed by atoms with Gasteiger partial charge in [-0.25, -0.2) is 0 Å². The van der Waals surface area contributed by atoms with Crippen LogP contribution in [0.15, 0.2) is 18.2 Å². The van der Waals surface area contributed by atoms with E-state index in [1.165, 1.54) is 11.1 Å². The molecule has 0 saturated carbocycles. The molecule has 1 heterocycles. The van der Waals surface area contributed by atoms with E-state index >= 15 is 0 Å². The molecule has 0 aliphatic rings. The minimum Gasteiger partial charge on any atom is -0.324 e. The smallest absolute Gasteiger partial charge is 0.0847 e. The Morgan fingerprint density at radius 1 is 1.21 bits per heavy atom. The molecule has 1 aromatic heterocycles. The molecule has 0 bridgehead atoms. The van der Waals surface area contributed by atoms with Gasteiger partial charge in [0.2, 0.25) is 0 Å². The normalized spacial score (nSPS) is 12.7. The highest BCUT2D eigenvalue weighted by molar-refractivity contribution is 6.31. The molecule has 2 aromatic rings. The Hall–Kier alpha value is -1.32. The maximum absolute atomic E-state index is 6.31. The molecule has 102 valence electrons. The van der Waals surface area contributed by atoms with Crippen LogP contribution in [0.3, 0.4) is 0 Å². The number of benzene rings is 1. The predicted molar refractivity (Wildman–Crippen MR) is 79.5 cm³/mol. The predicted octanol–water partition coefficient (Wildman–Crippen LogP) is 3.24. The third-order valence-electron chi connectivity index (χ3n) is 3.35. The van der Waals surface area contributed by atoms with E-state index in [0.29, 0.717) is 6.42 Å². The molecule has 0 aliphatic heterocycles. The lowest BCUT2D eigenvalue weighted by Gasteiger charge is -2.14.